The molecule has 1 heterocycles. The lowest BCUT2D eigenvalue weighted by molar-refractivity contribution is 0.0916. The lowest BCUT2D eigenvalue weighted by atomic mass is 10.2. The molecule has 0 radical (unpaired) electrons. The van der Waals surface area contributed by atoms with Crippen LogP contribution < -0.4 is 5.32 Å². The van der Waals surface area contributed by atoms with Gasteiger partial charge in [0.15, 0.2) is 5.76 Å². The zero-order chi connectivity index (χ0) is 10.4. The normalized spacial score (nSPS) is 11.7. The summed E-state index contributed by atoms with van der Waals surface area (Å²) in [4.78, 5) is 11.4. The van der Waals surface area contributed by atoms with Gasteiger partial charge in [0.2, 0.25) is 0 Å². The fourth-order valence-electron chi connectivity index (χ4n) is 1.09. The number of nitrogens with zero attached hydrogens (tertiary/aromatic N) is 1. The number of carbonyl (C=O) groups is 1. The topological polar surface area (TPSA) is 66.0 Å². The van der Waals surface area contributed by atoms with Gasteiger partial charge in [-0.3, -0.25) is 4.79 Å². The molecule has 0 aliphatic rings. The Labute approximate surface area is 82.5 Å². The average Bonchev–Trinajstić information content (AvgIpc) is 2.69. The highest BCUT2D eigenvalue weighted by molar-refractivity contribution is 5.91. The number of hydrogen-bond donors (Lipinski definition) is 1. The van der Waals surface area contributed by atoms with Gasteiger partial charge in [0, 0.05) is 0 Å². The molecule has 14 heavy (non-hydrogen) atoms. The van der Waals surface area contributed by atoms with Gasteiger partial charge in [0.05, 0.1) is 12.3 Å². The Morgan fingerprint density at radius 3 is 3.07 bits per heavy atom. The van der Waals surface area contributed by atoms with Gasteiger partial charge in [-0.05, 0) is 18.6 Å². The maximum atomic E-state index is 11.4. The Hall–Kier alpha value is -1.76. The van der Waals surface area contributed by atoms with E-state index in [2.05, 4.69) is 5.32 Å². The van der Waals surface area contributed by atoms with Crippen LogP contribution in [0.3, 0.4) is 0 Å². The first-order valence-corrected chi connectivity index (χ1v) is 4.52. The summed E-state index contributed by atoms with van der Waals surface area (Å²) >= 11 is 0. The number of nitrogens with one attached hydrogen (secondary N) is 1. The van der Waals surface area contributed by atoms with E-state index in [9.17, 15) is 4.79 Å². The van der Waals surface area contributed by atoms with E-state index in [0.29, 0.717) is 6.42 Å². The Morgan fingerprint density at radius 1 is 1.79 bits per heavy atom. The molecular weight excluding hydrogens is 180 g/mol. The van der Waals surface area contributed by atoms with Crippen LogP contribution in [0.2, 0.25) is 0 Å². The Balaban J connectivity index is 2.52. The smallest absolute Gasteiger partial charge is 0.288 e. The predicted molar refractivity (Wildman–Crippen MR) is 50.5 cm³/mol. The molecule has 0 saturated heterocycles. The van der Waals surface area contributed by atoms with Crippen LogP contribution in [0.15, 0.2) is 22.8 Å². The zero-order valence-corrected chi connectivity index (χ0v) is 7.99. The Kier molecular flexibility index (Phi) is 3.74. The van der Waals surface area contributed by atoms with Gasteiger partial charge >= 0.3 is 0 Å². The van der Waals surface area contributed by atoms with E-state index >= 15 is 0 Å². The summed E-state index contributed by atoms with van der Waals surface area (Å²) in [6, 6.07) is 4.79. The van der Waals surface area contributed by atoms with Crippen molar-refractivity contribution < 1.29 is 9.21 Å². The third-order valence-corrected chi connectivity index (χ3v) is 1.78. The van der Waals surface area contributed by atoms with Crippen molar-refractivity contribution in [3.63, 3.8) is 0 Å². The predicted octanol–water partition coefficient (Wildman–Crippen LogP) is 1.70. The minimum absolute atomic E-state index is 0.237. The summed E-state index contributed by atoms with van der Waals surface area (Å²) in [5.41, 5.74) is 0. The van der Waals surface area contributed by atoms with E-state index in [-0.39, 0.29) is 11.7 Å². The summed E-state index contributed by atoms with van der Waals surface area (Å²) in [6.07, 6.45) is 2.94. The molecule has 1 atom stereocenters. The molecule has 74 valence electrons. The molecule has 1 unspecified atom stereocenters. The number of amides is 1. The summed E-state index contributed by atoms with van der Waals surface area (Å²) < 4.78 is 4.90. The van der Waals surface area contributed by atoms with Crippen LogP contribution in [0.25, 0.3) is 0 Å². The lowest BCUT2D eigenvalue weighted by Gasteiger charge is -2.08. The van der Waals surface area contributed by atoms with Gasteiger partial charge in [-0.1, -0.05) is 13.3 Å². The van der Waals surface area contributed by atoms with E-state index in [1.807, 2.05) is 13.0 Å². The van der Waals surface area contributed by atoms with Crippen LogP contribution in [-0.4, -0.2) is 11.9 Å². The molecule has 1 aromatic heterocycles. The maximum absolute atomic E-state index is 11.4. The van der Waals surface area contributed by atoms with Gasteiger partial charge in [-0.15, -0.1) is 0 Å². The summed E-state index contributed by atoms with van der Waals surface area (Å²) in [6.45, 7) is 1.96. The molecule has 0 fully saturated rings. The zero-order valence-electron chi connectivity index (χ0n) is 7.99. The number of furan rings is 1. The van der Waals surface area contributed by atoms with Crippen LogP contribution >= 0.6 is 0 Å². The molecule has 4 nitrogen and oxygen atoms in total. The maximum Gasteiger partial charge on any atom is 0.288 e. The number of hydrogen-bond acceptors (Lipinski definition) is 3. The highest BCUT2D eigenvalue weighted by Gasteiger charge is 2.13. The first kappa shape index (κ1) is 10.3. The molecule has 1 N–H and O–H groups in total. The summed E-state index contributed by atoms with van der Waals surface area (Å²) in [7, 11) is 0. The third-order valence-electron chi connectivity index (χ3n) is 1.78. The molecule has 1 rings (SSSR count). The minimum Gasteiger partial charge on any atom is -0.459 e. The average molecular weight is 192 g/mol. The number of rotatable bonds is 4. The van der Waals surface area contributed by atoms with Crippen LogP contribution in [0.1, 0.15) is 30.3 Å². The standard InChI is InChI=1S/C10H12N2O2/c1-2-4-8(7-11)12-10(13)9-5-3-6-14-9/h3,5-6,8H,2,4H2,1H3,(H,12,13). The van der Waals surface area contributed by atoms with E-state index in [1.165, 1.54) is 6.26 Å². The molecular formula is C10H12N2O2. The van der Waals surface area contributed by atoms with Crippen molar-refractivity contribution in [2.75, 3.05) is 0 Å². The second kappa shape index (κ2) is 5.07. The first-order valence-electron chi connectivity index (χ1n) is 4.52. The van der Waals surface area contributed by atoms with Crippen molar-refractivity contribution in [3.8, 4) is 6.07 Å². The molecule has 0 spiro atoms. The van der Waals surface area contributed by atoms with Gasteiger partial charge in [0.25, 0.3) is 5.91 Å². The van der Waals surface area contributed by atoms with E-state index in [0.717, 1.165) is 6.42 Å². The molecule has 0 aliphatic heterocycles. The first-order chi connectivity index (χ1) is 6.77. The lowest BCUT2D eigenvalue weighted by Crippen LogP contribution is -2.33. The minimum atomic E-state index is -0.433. The van der Waals surface area contributed by atoms with E-state index in [4.69, 9.17) is 9.68 Å². The molecule has 0 aliphatic carbocycles. The fraction of sp³-hybridized carbons (Fsp3) is 0.400. The van der Waals surface area contributed by atoms with Crippen molar-refractivity contribution in [2.45, 2.75) is 25.8 Å². The third kappa shape index (κ3) is 2.63. The second-order valence-corrected chi connectivity index (χ2v) is 2.92. The van der Waals surface area contributed by atoms with Gasteiger partial charge in [-0.2, -0.15) is 5.26 Å². The van der Waals surface area contributed by atoms with Crippen LogP contribution in [0, 0.1) is 11.3 Å². The molecule has 0 bridgehead atoms. The largest absolute Gasteiger partial charge is 0.459 e. The molecule has 0 saturated carbocycles. The van der Waals surface area contributed by atoms with Crippen LogP contribution in [0.4, 0.5) is 0 Å². The van der Waals surface area contributed by atoms with Crippen molar-refractivity contribution >= 4 is 5.91 Å². The second-order valence-electron chi connectivity index (χ2n) is 2.92. The number of carbonyl (C=O) groups excluding carboxylic acids is 1. The van der Waals surface area contributed by atoms with Gasteiger partial charge in [-0.25, -0.2) is 0 Å². The molecule has 1 aromatic rings. The SMILES string of the molecule is CCCC(C#N)NC(=O)c1ccco1. The number of nitriles is 1. The van der Waals surface area contributed by atoms with Crippen LogP contribution in [-0.2, 0) is 0 Å². The van der Waals surface area contributed by atoms with Crippen molar-refractivity contribution in [1.82, 2.24) is 5.32 Å². The molecule has 1 amide bonds. The summed E-state index contributed by atoms with van der Waals surface area (Å²) in [5, 5.41) is 11.3. The quantitative estimate of drug-likeness (QED) is 0.789. The fourth-order valence-corrected chi connectivity index (χ4v) is 1.09. The summed E-state index contributed by atoms with van der Waals surface area (Å²) in [5.74, 6) is -0.101. The highest BCUT2D eigenvalue weighted by atomic mass is 16.3. The molecule has 4 heteroatoms. The van der Waals surface area contributed by atoms with E-state index in [1.54, 1.807) is 12.1 Å². The monoisotopic (exact) mass is 192 g/mol. The highest BCUT2D eigenvalue weighted by Crippen LogP contribution is 2.02. The van der Waals surface area contributed by atoms with Crippen molar-refractivity contribution in [2.24, 2.45) is 0 Å². The van der Waals surface area contributed by atoms with Crippen molar-refractivity contribution in [1.29, 1.82) is 5.26 Å². The van der Waals surface area contributed by atoms with E-state index < -0.39 is 6.04 Å². The Bertz CT molecular complexity index is 324. The van der Waals surface area contributed by atoms with Gasteiger partial charge < -0.3 is 9.73 Å². The van der Waals surface area contributed by atoms with Crippen LogP contribution in [0.5, 0.6) is 0 Å². The molecule has 0 aromatic carbocycles. The van der Waals surface area contributed by atoms with Gasteiger partial charge in [0.1, 0.15) is 6.04 Å². The Morgan fingerprint density at radius 2 is 2.57 bits per heavy atom. The van der Waals surface area contributed by atoms with Crippen molar-refractivity contribution in [3.05, 3.63) is 24.2 Å².